The van der Waals surface area contributed by atoms with Gasteiger partial charge in [0.2, 0.25) is 5.91 Å². The first-order valence-electron chi connectivity index (χ1n) is 6.70. The number of hydrogen-bond acceptors (Lipinski definition) is 5. The molecule has 1 unspecified atom stereocenters. The highest BCUT2D eigenvalue weighted by molar-refractivity contribution is 5.86. The third-order valence-electron chi connectivity index (χ3n) is 3.53. The smallest absolute Gasteiger partial charge is 0.228 e. The number of para-hydroxylation sites is 1. The second kappa shape index (κ2) is 5.60. The second-order valence-electron chi connectivity index (χ2n) is 4.87. The van der Waals surface area contributed by atoms with Gasteiger partial charge in [-0.15, -0.1) is 0 Å². The summed E-state index contributed by atoms with van der Waals surface area (Å²) in [7, 11) is 0. The Morgan fingerprint density at radius 1 is 1.45 bits per heavy atom. The van der Waals surface area contributed by atoms with E-state index in [0.29, 0.717) is 37.5 Å². The molecule has 1 aromatic carbocycles. The molecule has 3 rings (SSSR count). The molecule has 2 heterocycles. The first kappa shape index (κ1) is 13.1. The van der Waals surface area contributed by atoms with Gasteiger partial charge in [0.05, 0.1) is 19.1 Å². The zero-order chi connectivity index (χ0) is 13.9. The van der Waals surface area contributed by atoms with Gasteiger partial charge in [0.15, 0.2) is 5.58 Å². The van der Waals surface area contributed by atoms with Gasteiger partial charge in [-0.05, 0) is 12.1 Å². The van der Waals surface area contributed by atoms with E-state index in [9.17, 15) is 4.79 Å². The van der Waals surface area contributed by atoms with Crippen molar-refractivity contribution in [3.05, 3.63) is 30.0 Å². The van der Waals surface area contributed by atoms with Gasteiger partial charge in [0.1, 0.15) is 5.69 Å². The van der Waals surface area contributed by atoms with Crippen LogP contribution >= 0.6 is 0 Å². The summed E-state index contributed by atoms with van der Waals surface area (Å²) >= 11 is 0. The number of carbonyl (C=O) groups is 1. The summed E-state index contributed by atoms with van der Waals surface area (Å²) < 4.78 is 10.7. The van der Waals surface area contributed by atoms with E-state index in [2.05, 4.69) is 5.16 Å². The normalized spacial score (nSPS) is 19.4. The highest BCUT2D eigenvalue weighted by Crippen LogP contribution is 2.19. The topological polar surface area (TPSA) is 81.6 Å². The zero-order valence-electron chi connectivity index (χ0n) is 11.1. The predicted octanol–water partition coefficient (Wildman–Crippen LogP) is 0.556. The molecule has 0 bridgehead atoms. The van der Waals surface area contributed by atoms with Crippen LogP contribution in [0.4, 0.5) is 0 Å². The van der Waals surface area contributed by atoms with E-state index >= 15 is 0 Å². The molecule has 106 valence electrons. The molecule has 2 N–H and O–H groups in total. The highest BCUT2D eigenvalue weighted by Gasteiger charge is 2.24. The van der Waals surface area contributed by atoms with Crippen molar-refractivity contribution in [2.75, 3.05) is 26.2 Å². The lowest BCUT2D eigenvalue weighted by atomic mass is 10.1. The highest BCUT2D eigenvalue weighted by atomic mass is 16.5. The van der Waals surface area contributed by atoms with Gasteiger partial charge in [-0.2, -0.15) is 0 Å². The number of fused-ring (bicyclic) bond motifs is 1. The van der Waals surface area contributed by atoms with E-state index in [4.69, 9.17) is 15.0 Å². The minimum atomic E-state index is -0.0678. The van der Waals surface area contributed by atoms with Gasteiger partial charge in [0.25, 0.3) is 0 Å². The van der Waals surface area contributed by atoms with Crippen LogP contribution in [-0.4, -0.2) is 48.3 Å². The lowest BCUT2D eigenvalue weighted by Gasteiger charge is -2.32. The lowest BCUT2D eigenvalue weighted by molar-refractivity contribution is -0.137. The van der Waals surface area contributed by atoms with Crippen LogP contribution in [0.3, 0.4) is 0 Å². The molecule has 6 heteroatoms. The standard InChI is InChI=1S/C14H17N3O3/c15-8-10-9-17(5-6-19-10)14(18)7-12-11-3-1-2-4-13(11)20-16-12/h1-4,10H,5-9,15H2. The van der Waals surface area contributed by atoms with Gasteiger partial charge in [-0.1, -0.05) is 17.3 Å². The molecule has 0 aliphatic carbocycles. The van der Waals surface area contributed by atoms with E-state index < -0.39 is 0 Å². The third-order valence-corrected chi connectivity index (χ3v) is 3.53. The molecule has 0 saturated carbocycles. The summed E-state index contributed by atoms with van der Waals surface area (Å²) in [5.41, 5.74) is 6.97. The fourth-order valence-electron chi connectivity index (χ4n) is 2.41. The summed E-state index contributed by atoms with van der Waals surface area (Å²) in [6.45, 7) is 2.11. The predicted molar refractivity (Wildman–Crippen MR) is 73.1 cm³/mol. The monoisotopic (exact) mass is 275 g/mol. The van der Waals surface area contributed by atoms with Crippen LogP contribution in [0, 0.1) is 0 Å². The molecule has 0 spiro atoms. The van der Waals surface area contributed by atoms with Crippen molar-refractivity contribution >= 4 is 16.9 Å². The van der Waals surface area contributed by atoms with Crippen molar-refractivity contribution < 1.29 is 14.1 Å². The fraction of sp³-hybridized carbons (Fsp3) is 0.429. The molecule has 0 radical (unpaired) electrons. The van der Waals surface area contributed by atoms with E-state index in [1.54, 1.807) is 4.90 Å². The average Bonchev–Trinajstić information content (AvgIpc) is 2.90. The van der Waals surface area contributed by atoms with Crippen LogP contribution < -0.4 is 5.73 Å². The van der Waals surface area contributed by atoms with E-state index in [0.717, 1.165) is 5.39 Å². The summed E-state index contributed by atoms with van der Waals surface area (Å²) in [5.74, 6) is 0.0332. The summed E-state index contributed by atoms with van der Waals surface area (Å²) in [6.07, 6.45) is 0.177. The number of aromatic nitrogens is 1. The fourth-order valence-corrected chi connectivity index (χ4v) is 2.41. The lowest BCUT2D eigenvalue weighted by Crippen LogP contribution is -2.48. The average molecular weight is 275 g/mol. The minimum absolute atomic E-state index is 0.0332. The van der Waals surface area contributed by atoms with Crippen LogP contribution in [0.1, 0.15) is 5.69 Å². The van der Waals surface area contributed by atoms with Gasteiger partial charge in [-0.3, -0.25) is 4.79 Å². The molecular formula is C14H17N3O3. The molecule has 2 aromatic rings. The second-order valence-corrected chi connectivity index (χ2v) is 4.87. The van der Waals surface area contributed by atoms with Crippen LogP contribution in [0.15, 0.2) is 28.8 Å². The Morgan fingerprint density at radius 3 is 3.15 bits per heavy atom. The van der Waals surface area contributed by atoms with Crippen LogP contribution in [0.25, 0.3) is 11.0 Å². The summed E-state index contributed by atoms with van der Waals surface area (Å²) in [5, 5.41) is 4.88. The van der Waals surface area contributed by atoms with Crippen LogP contribution in [-0.2, 0) is 16.0 Å². The molecule has 1 aromatic heterocycles. The Hall–Kier alpha value is -1.92. The Kier molecular flexibility index (Phi) is 3.66. The number of benzene rings is 1. The van der Waals surface area contributed by atoms with Crippen molar-refractivity contribution in [2.45, 2.75) is 12.5 Å². The van der Waals surface area contributed by atoms with Crippen LogP contribution in [0.2, 0.25) is 0 Å². The van der Waals surface area contributed by atoms with Crippen molar-refractivity contribution in [1.82, 2.24) is 10.1 Å². The van der Waals surface area contributed by atoms with E-state index in [-0.39, 0.29) is 18.4 Å². The number of ether oxygens (including phenoxy) is 1. The Labute approximate surface area is 116 Å². The Morgan fingerprint density at radius 2 is 2.30 bits per heavy atom. The van der Waals surface area contributed by atoms with E-state index in [1.807, 2.05) is 24.3 Å². The number of carbonyl (C=O) groups excluding carboxylic acids is 1. The summed E-state index contributed by atoms with van der Waals surface area (Å²) in [4.78, 5) is 14.1. The molecule has 20 heavy (non-hydrogen) atoms. The third kappa shape index (κ3) is 2.52. The number of morpholine rings is 1. The maximum atomic E-state index is 12.3. The van der Waals surface area contributed by atoms with Gasteiger partial charge >= 0.3 is 0 Å². The maximum absolute atomic E-state index is 12.3. The minimum Gasteiger partial charge on any atom is -0.373 e. The first-order valence-corrected chi connectivity index (χ1v) is 6.70. The molecule has 1 atom stereocenters. The molecular weight excluding hydrogens is 258 g/mol. The van der Waals surface area contributed by atoms with Crippen molar-refractivity contribution in [2.24, 2.45) is 5.73 Å². The quantitative estimate of drug-likeness (QED) is 0.885. The number of rotatable bonds is 3. The molecule has 1 aliphatic rings. The number of hydrogen-bond donors (Lipinski definition) is 1. The molecule has 6 nitrogen and oxygen atoms in total. The largest absolute Gasteiger partial charge is 0.373 e. The Balaban J connectivity index is 1.72. The molecule has 1 saturated heterocycles. The van der Waals surface area contributed by atoms with Crippen molar-refractivity contribution in [3.8, 4) is 0 Å². The first-order chi connectivity index (χ1) is 9.78. The molecule has 1 amide bonds. The molecule has 1 aliphatic heterocycles. The number of amides is 1. The van der Waals surface area contributed by atoms with Gasteiger partial charge < -0.3 is 19.9 Å². The number of nitrogens with two attached hydrogens (primary N) is 1. The van der Waals surface area contributed by atoms with Gasteiger partial charge in [-0.25, -0.2) is 0 Å². The van der Waals surface area contributed by atoms with Crippen molar-refractivity contribution in [1.29, 1.82) is 0 Å². The SMILES string of the molecule is NCC1CN(C(=O)Cc2noc3ccccc23)CCO1. The number of nitrogens with zero attached hydrogens (tertiary/aromatic N) is 2. The van der Waals surface area contributed by atoms with Gasteiger partial charge in [0, 0.05) is 25.0 Å². The Bertz CT molecular complexity index is 610. The molecule has 1 fully saturated rings. The zero-order valence-corrected chi connectivity index (χ0v) is 11.1. The van der Waals surface area contributed by atoms with Crippen LogP contribution in [0.5, 0.6) is 0 Å². The van der Waals surface area contributed by atoms with Crippen molar-refractivity contribution in [3.63, 3.8) is 0 Å². The maximum Gasteiger partial charge on any atom is 0.228 e. The summed E-state index contributed by atoms with van der Waals surface area (Å²) in [6, 6.07) is 7.55. The van der Waals surface area contributed by atoms with E-state index in [1.165, 1.54) is 0 Å².